The standard InChI is InChI=1S/C17H25NO3/c1-2-17(20)13-7-9-16(10-8-13)21-12-15(19)11-18-14-5-3-4-6-14/h7-10,14-15,18-19H,2-6,11-12H2,1H3/p+1/t15-/m0/s1. The molecule has 4 heteroatoms. The van der Waals surface area contributed by atoms with Crippen molar-refractivity contribution in [3.05, 3.63) is 29.8 Å². The summed E-state index contributed by atoms with van der Waals surface area (Å²) < 4.78 is 5.57. The van der Waals surface area contributed by atoms with Gasteiger partial charge in [-0.2, -0.15) is 0 Å². The number of hydrogen-bond acceptors (Lipinski definition) is 3. The number of rotatable bonds is 8. The predicted octanol–water partition coefficient (Wildman–Crippen LogP) is 1.52. The van der Waals surface area contributed by atoms with E-state index < -0.39 is 6.10 Å². The molecule has 116 valence electrons. The van der Waals surface area contributed by atoms with Crippen molar-refractivity contribution in [1.29, 1.82) is 0 Å². The Kier molecular flexibility index (Phi) is 6.21. The predicted molar refractivity (Wildman–Crippen MR) is 81.6 cm³/mol. The number of aliphatic hydroxyl groups is 1. The summed E-state index contributed by atoms with van der Waals surface area (Å²) in [4.78, 5) is 11.5. The van der Waals surface area contributed by atoms with Gasteiger partial charge in [0.1, 0.15) is 25.0 Å². The van der Waals surface area contributed by atoms with E-state index in [9.17, 15) is 9.90 Å². The molecule has 1 aromatic carbocycles. The highest BCUT2D eigenvalue weighted by Crippen LogP contribution is 2.15. The Balaban J connectivity index is 1.70. The van der Waals surface area contributed by atoms with Crippen molar-refractivity contribution in [2.75, 3.05) is 13.2 Å². The van der Waals surface area contributed by atoms with Gasteiger partial charge in [0.2, 0.25) is 0 Å². The zero-order valence-electron chi connectivity index (χ0n) is 12.8. The molecule has 4 nitrogen and oxygen atoms in total. The largest absolute Gasteiger partial charge is 0.491 e. The molecule has 2 rings (SSSR count). The fourth-order valence-corrected chi connectivity index (χ4v) is 2.74. The zero-order chi connectivity index (χ0) is 15.1. The number of hydrogen-bond donors (Lipinski definition) is 2. The van der Waals surface area contributed by atoms with Crippen LogP contribution in [-0.2, 0) is 0 Å². The maximum absolute atomic E-state index is 11.5. The summed E-state index contributed by atoms with van der Waals surface area (Å²) in [5.41, 5.74) is 0.708. The number of ether oxygens (including phenoxy) is 1. The Hall–Kier alpha value is -1.39. The number of quaternary nitrogens is 1. The first kappa shape index (κ1) is 16.0. The first-order valence-corrected chi connectivity index (χ1v) is 7.96. The minimum atomic E-state index is -0.456. The first-order valence-electron chi connectivity index (χ1n) is 7.96. The molecule has 0 amide bonds. The highest BCUT2D eigenvalue weighted by atomic mass is 16.5. The summed E-state index contributed by atoms with van der Waals surface area (Å²) in [7, 11) is 0. The maximum atomic E-state index is 11.5. The third kappa shape index (κ3) is 5.14. The van der Waals surface area contributed by atoms with Gasteiger partial charge in [-0.05, 0) is 49.9 Å². The van der Waals surface area contributed by atoms with Crippen LogP contribution in [0.2, 0.25) is 0 Å². The average Bonchev–Trinajstić information content (AvgIpc) is 3.04. The third-order valence-electron chi connectivity index (χ3n) is 4.08. The van der Waals surface area contributed by atoms with Gasteiger partial charge in [0, 0.05) is 12.0 Å². The Labute approximate surface area is 126 Å². The molecule has 0 bridgehead atoms. The minimum absolute atomic E-state index is 0.132. The monoisotopic (exact) mass is 292 g/mol. The van der Waals surface area contributed by atoms with Gasteiger partial charge in [-0.25, -0.2) is 0 Å². The van der Waals surface area contributed by atoms with Crippen molar-refractivity contribution >= 4 is 5.78 Å². The molecule has 0 aliphatic heterocycles. The van der Waals surface area contributed by atoms with E-state index in [2.05, 4.69) is 5.32 Å². The van der Waals surface area contributed by atoms with E-state index in [-0.39, 0.29) is 5.78 Å². The first-order chi connectivity index (χ1) is 10.2. The number of ketones is 1. The second-order valence-corrected chi connectivity index (χ2v) is 5.78. The second-order valence-electron chi connectivity index (χ2n) is 5.78. The van der Waals surface area contributed by atoms with Crippen LogP contribution in [0.1, 0.15) is 49.4 Å². The molecule has 0 unspecified atom stereocenters. The van der Waals surface area contributed by atoms with Crippen molar-refractivity contribution in [2.45, 2.75) is 51.2 Å². The average molecular weight is 292 g/mol. The molecule has 3 N–H and O–H groups in total. The van der Waals surface area contributed by atoms with Gasteiger partial charge in [0.25, 0.3) is 0 Å². The highest BCUT2D eigenvalue weighted by molar-refractivity contribution is 5.95. The topological polar surface area (TPSA) is 63.1 Å². The van der Waals surface area contributed by atoms with Gasteiger partial charge in [0.15, 0.2) is 5.78 Å². The van der Waals surface area contributed by atoms with Crippen molar-refractivity contribution in [3.63, 3.8) is 0 Å². The Morgan fingerprint density at radius 1 is 1.33 bits per heavy atom. The van der Waals surface area contributed by atoms with E-state index in [1.807, 2.05) is 6.92 Å². The molecule has 1 aliphatic rings. The second kappa shape index (κ2) is 8.15. The van der Waals surface area contributed by atoms with Gasteiger partial charge >= 0.3 is 0 Å². The van der Waals surface area contributed by atoms with Gasteiger partial charge in [-0.3, -0.25) is 4.79 Å². The van der Waals surface area contributed by atoms with Crippen LogP contribution < -0.4 is 10.1 Å². The van der Waals surface area contributed by atoms with E-state index in [0.29, 0.717) is 36.9 Å². The molecule has 0 radical (unpaired) electrons. The molecule has 1 saturated carbocycles. The summed E-state index contributed by atoms with van der Waals surface area (Å²) in [6.45, 7) is 2.84. The SMILES string of the molecule is CCC(=O)c1ccc(OC[C@@H](O)C[NH2+]C2CCCC2)cc1. The van der Waals surface area contributed by atoms with Crippen molar-refractivity contribution in [1.82, 2.24) is 0 Å². The Morgan fingerprint density at radius 3 is 2.62 bits per heavy atom. The molecule has 0 saturated heterocycles. The summed E-state index contributed by atoms with van der Waals surface area (Å²) in [6.07, 6.45) is 5.21. The van der Waals surface area contributed by atoms with Gasteiger partial charge in [-0.15, -0.1) is 0 Å². The van der Waals surface area contributed by atoms with Crippen molar-refractivity contribution in [3.8, 4) is 5.75 Å². The van der Waals surface area contributed by atoms with E-state index in [1.165, 1.54) is 25.7 Å². The minimum Gasteiger partial charge on any atom is -0.491 e. The lowest BCUT2D eigenvalue weighted by Crippen LogP contribution is -2.91. The third-order valence-corrected chi connectivity index (χ3v) is 4.08. The lowest BCUT2D eigenvalue weighted by molar-refractivity contribution is -0.693. The number of carbonyl (C=O) groups is 1. The number of aliphatic hydroxyl groups excluding tert-OH is 1. The van der Waals surface area contributed by atoms with Crippen LogP contribution in [0.15, 0.2) is 24.3 Å². The molecule has 1 aromatic rings. The van der Waals surface area contributed by atoms with E-state index in [0.717, 1.165) is 0 Å². The van der Waals surface area contributed by atoms with E-state index in [4.69, 9.17) is 4.74 Å². The van der Waals surface area contributed by atoms with Crippen LogP contribution in [-0.4, -0.2) is 36.2 Å². The number of carbonyl (C=O) groups excluding carboxylic acids is 1. The Morgan fingerprint density at radius 2 is 2.00 bits per heavy atom. The normalized spacial score (nSPS) is 16.9. The molecule has 1 atom stereocenters. The molecule has 0 heterocycles. The van der Waals surface area contributed by atoms with Gasteiger partial charge < -0.3 is 15.2 Å². The summed E-state index contributed by atoms with van der Waals surface area (Å²) in [5.74, 6) is 0.829. The zero-order valence-corrected chi connectivity index (χ0v) is 12.8. The maximum Gasteiger partial charge on any atom is 0.162 e. The lowest BCUT2D eigenvalue weighted by Gasteiger charge is -2.14. The van der Waals surface area contributed by atoms with E-state index in [1.54, 1.807) is 24.3 Å². The molecule has 0 spiro atoms. The van der Waals surface area contributed by atoms with Crippen molar-refractivity contribution < 1.29 is 20.0 Å². The van der Waals surface area contributed by atoms with Crippen LogP contribution >= 0.6 is 0 Å². The fraction of sp³-hybridized carbons (Fsp3) is 0.588. The lowest BCUT2D eigenvalue weighted by atomic mass is 10.1. The van der Waals surface area contributed by atoms with Crippen LogP contribution in [0.4, 0.5) is 0 Å². The number of nitrogens with two attached hydrogens (primary N) is 1. The smallest absolute Gasteiger partial charge is 0.162 e. The molecular weight excluding hydrogens is 266 g/mol. The van der Waals surface area contributed by atoms with Gasteiger partial charge in [0.05, 0.1) is 6.04 Å². The van der Waals surface area contributed by atoms with Gasteiger partial charge in [-0.1, -0.05) is 6.92 Å². The molecule has 21 heavy (non-hydrogen) atoms. The molecule has 1 fully saturated rings. The number of Topliss-reactive ketones (excluding diaryl/α,β-unsaturated/α-hetero) is 1. The van der Waals surface area contributed by atoms with Crippen LogP contribution in [0.5, 0.6) is 5.75 Å². The molecule has 1 aliphatic carbocycles. The molecule has 0 aromatic heterocycles. The Bertz CT molecular complexity index is 438. The van der Waals surface area contributed by atoms with Crippen LogP contribution in [0.3, 0.4) is 0 Å². The fourth-order valence-electron chi connectivity index (χ4n) is 2.74. The van der Waals surface area contributed by atoms with Crippen LogP contribution in [0, 0.1) is 0 Å². The van der Waals surface area contributed by atoms with Crippen molar-refractivity contribution in [2.24, 2.45) is 0 Å². The summed E-state index contributed by atoms with van der Waals surface area (Å²) >= 11 is 0. The summed E-state index contributed by atoms with van der Waals surface area (Å²) in [5, 5.41) is 12.2. The summed E-state index contributed by atoms with van der Waals surface area (Å²) in [6, 6.07) is 7.81. The highest BCUT2D eigenvalue weighted by Gasteiger charge is 2.19. The van der Waals surface area contributed by atoms with Crippen LogP contribution in [0.25, 0.3) is 0 Å². The molecular formula is C17H26NO3+. The quantitative estimate of drug-likeness (QED) is 0.714. The van der Waals surface area contributed by atoms with E-state index >= 15 is 0 Å². The number of benzene rings is 1.